The van der Waals surface area contributed by atoms with Crippen molar-refractivity contribution in [1.82, 2.24) is 4.98 Å². The number of amides is 1. The van der Waals surface area contributed by atoms with Gasteiger partial charge in [-0.15, -0.1) is 0 Å². The zero-order valence-electron chi connectivity index (χ0n) is 10.8. The summed E-state index contributed by atoms with van der Waals surface area (Å²) >= 11 is 0. The Morgan fingerprint density at radius 2 is 2.26 bits per heavy atom. The molecule has 0 aliphatic heterocycles. The topological polar surface area (TPSA) is 77.2 Å². The fourth-order valence-corrected chi connectivity index (χ4v) is 1.89. The third-order valence-corrected chi connectivity index (χ3v) is 2.86. The summed E-state index contributed by atoms with van der Waals surface area (Å²) in [4.78, 5) is 15.0. The summed E-state index contributed by atoms with van der Waals surface area (Å²) in [5.74, 6) is 1.35. The molecule has 0 aliphatic carbocycles. The number of benzene rings is 1. The van der Waals surface area contributed by atoms with Crippen LogP contribution in [-0.2, 0) is 4.79 Å². The summed E-state index contributed by atoms with van der Waals surface area (Å²) in [5, 5.41) is 5.31. The maximum Gasteiger partial charge on any atom is 0.217 e. The first-order valence-electron chi connectivity index (χ1n) is 6.15. The van der Waals surface area contributed by atoms with E-state index < -0.39 is 0 Å². The highest BCUT2D eigenvalue weighted by molar-refractivity contribution is 5.92. The maximum atomic E-state index is 10.7. The molecule has 0 bridgehead atoms. The predicted molar refractivity (Wildman–Crippen MR) is 75.2 cm³/mol. The Bertz CT molecular complexity index is 584. The Balaban J connectivity index is 2.12. The van der Waals surface area contributed by atoms with Crippen LogP contribution in [0, 0.1) is 0 Å². The van der Waals surface area contributed by atoms with Crippen molar-refractivity contribution in [2.45, 2.75) is 12.8 Å². The minimum Gasteiger partial charge on any atom is -0.497 e. The largest absolute Gasteiger partial charge is 0.497 e. The van der Waals surface area contributed by atoms with E-state index in [9.17, 15) is 4.79 Å². The smallest absolute Gasteiger partial charge is 0.217 e. The molecule has 19 heavy (non-hydrogen) atoms. The molecular formula is C14H17N3O2. The van der Waals surface area contributed by atoms with E-state index in [4.69, 9.17) is 10.5 Å². The quantitative estimate of drug-likeness (QED) is 0.777. The first kappa shape index (κ1) is 13.1. The van der Waals surface area contributed by atoms with Gasteiger partial charge in [0.1, 0.15) is 11.6 Å². The van der Waals surface area contributed by atoms with E-state index >= 15 is 0 Å². The molecule has 0 aliphatic rings. The van der Waals surface area contributed by atoms with Crippen LogP contribution < -0.4 is 15.8 Å². The van der Waals surface area contributed by atoms with Gasteiger partial charge in [0.2, 0.25) is 5.91 Å². The van der Waals surface area contributed by atoms with Gasteiger partial charge < -0.3 is 15.8 Å². The predicted octanol–water partition coefficient (Wildman–Crippen LogP) is 1.92. The van der Waals surface area contributed by atoms with Crippen LogP contribution in [0.2, 0.25) is 0 Å². The van der Waals surface area contributed by atoms with Crippen molar-refractivity contribution < 1.29 is 9.53 Å². The van der Waals surface area contributed by atoms with Crippen molar-refractivity contribution >= 4 is 22.5 Å². The molecule has 0 atom stereocenters. The van der Waals surface area contributed by atoms with Crippen molar-refractivity contribution in [3.8, 4) is 5.75 Å². The normalized spacial score (nSPS) is 10.4. The second-order valence-electron chi connectivity index (χ2n) is 4.24. The number of carbonyl (C=O) groups is 1. The van der Waals surface area contributed by atoms with Crippen molar-refractivity contribution in [2.24, 2.45) is 5.73 Å². The van der Waals surface area contributed by atoms with Gasteiger partial charge in [-0.1, -0.05) is 0 Å². The number of carbonyl (C=O) groups excluding carboxylic acids is 1. The SMILES string of the molecule is COc1ccc2c(NCCCC(N)=O)nccc2c1. The van der Waals surface area contributed by atoms with E-state index in [0.717, 1.165) is 22.3 Å². The third kappa shape index (κ3) is 3.34. The van der Waals surface area contributed by atoms with Crippen molar-refractivity contribution in [3.63, 3.8) is 0 Å². The molecule has 0 unspecified atom stereocenters. The monoisotopic (exact) mass is 259 g/mol. The molecule has 2 aromatic rings. The summed E-state index contributed by atoms with van der Waals surface area (Å²) in [6.45, 7) is 0.668. The van der Waals surface area contributed by atoms with Gasteiger partial charge in [-0.3, -0.25) is 4.79 Å². The number of nitrogens with one attached hydrogen (secondary N) is 1. The average Bonchev–Trinajstić information content (AvgIpc) is 2.42. The van der Waals surface area contributed by atoms with E-state index in [2.05, 4.69) is 10.3 Å². The number of fused-ring (bicyclic) bond motifs is 1. The summed E-state index contributed by atoms with van der Waals surface area (Å²) in [6.07, 6.45) is 2.83. The molecule has 1 amide bonds. The van der Waals surface area contributed by atoms with Crippen molar-refractivity contribution in [1.29, 1.82) is 0 Å². The Hall–Kier alpha value is -2.30. The molecule has 1 aromatic heterocycles. The lowest BCUT2D eigenvalue weighted by Gasteiger charge is -2.09. The summed E-state index contributed by atoms with van der Waals surface area (Å²) in [6, 6.07) is 7.77. The number of ether oxygens (including phenoxy) is 1. The summed E-state index contributed by atoms with van der Waals surface area (Å²) < 4.78 is 5.19. The van der Waals surface area contributed by atoms with Gasteiger partial charge in [0.25, 0.3) is 0 Å². The molecule has 0 fully saturated rings. The lowest BCUT2D eigenvalue weighted by molar-refractivity contribution is -0.118. The highest BCUT2D eigenvalue weighted by atomic mass is 16.5. The molecular weight excluding hydrogens is 242 g/mol. The molecule has 1 heterocycles. The number of nitrogens with two attached hydrogens (primary N) is 1. The lowest BCUT2D eigenvalue weighted by Crippen LogP contribution is -2.13. The highest BCUT2D eigenvalue weighted by Crippen LogP contribution is 2.25. The Kier molecular flexibility index (Phi) is 4.18. The molecule has 0 saturated heterocycles. The van der Waals surface area contributed by atoms with Gasteiger partial charge in [0, 0.05) is 24.5 Å². The zero-order valence-corrected chi connectivity index (χ0v) is 10.8. The minimum absolute atomic E-state index is 0.280. The highest BCUT2D eigenvalue weighted by Gasteiger charge is 2.03. The summed E-state index contributed by atoms with van der Waals surface area (Å²) in [7, 11) is 1.64. The number of methoxy groups -OCH3 is 1. The molecule has 5 nitrogen and oxygen atoms in total. The van der Waals surface area contributed by atoms with Gasteiger partial charge in [0.15, 0.2) is 0 Å². The minimum atomic E-state index is -0.280. The fourth-order valence-electron chi connectivity index (χ4n) is 1.89. The van der Waals surface area contributed by atoms with Crippen molar-refractivity contribution in [3.05, 3.63) is 30.5 Å². The zero-order chi connectivity index (χ0) is 13.7. The van der Waals surface area contributed by atoms with Crippen molar-refractivity contribution in [2.75, 3.05) is 19.0 Å². The second kappa shape index (κ2) is 6.04. The van der Waals surface area contributed by atoms with Crippen LogP contribution in [0.15, 0.2) is 30.5 Å². The van der Waals surface area contributed by atoms with Crippen LogP contribution in [0.4, 0.5) is 5.82 Å². The first-order chi connectivity index (χ1) is 9.20. The molecule has 0 radical (unpaired) electrons. The van der Waals surface area contributed by atoms with Gasteiger partial charge in [0.05, 0.1) is 7.11 Å². The molecule has 0 spiro atoms. The van der Waals surface area contributed by atoms with E-state index in [1.165, 1.54) is 0 Å². The van der Waals surface area contributed by atoms with Crippen LogP contribution in [0.3, 0.4) is 0 Å². The third-order valence-electron chi connectivity index (χ3n) is 2.86. The number of primary amides is 1. The molecule has 5 heteroatoms. The Morgan fingerprint density at radius 3 is 3.00 bits per heavy atom. The van der Waals surface area contributed by atoms with Gasteiger partial charge in [-0.25, -0.2) is 4.98 Å². The van der Waals surface area contributed by atoms with Gasteiger partial charge in [-0.05, 0) is 36.1 Å². The van der Waals surface area contributed by atoms with Crippen LogP contribution >= 0.6 is 0 Å². The van der Waals surface area contributed by atoms with E-state index in [1.54, 1.807) is 13.3 Å². The van der Waals surface area contributed by atoms with E-state index in [0.29, 0.717) is 19.4 Å². The number of hydrogen-bond acceptors (Lipinski definition) is 4. The molecule has 3 N–H and O–H groups in total. The Labute approximate surface area is 111 Å². The average molecular weight is 259 g/mol. The van der Waals surface area contributed by atoms with Crippen LogP contribution in [-0.4, -0.2) is 24.5 Å². The number of pyridine rings is 1. The van der Waals surface area contributed by atoms with Crippen LogP contribution in [0.5, 0.6) is 5.75 Å². The fraction of sp³-hybridized carbons (Fsp3) is 0.286. The first-order valence-corrected chi connectivity index (χ1v) is 6.15. The number of nitrogens with zero attached hydrogens (tertiary/aromatic N) is 1. The molecule has 100 valence electrons. The number of anilines is 1. The van der Waals surface area contributed by atoms with E-state index in [-0.39, 0.29) is 5.91 Å². The molecule has 2 rings (SSSR count). The number of aromatic nitrogens is 1. The second-order valence-corrected chi connectivity index (χ2v) is 4.24. The van der Waals surface area contributed by atoms with Crippen LogP contribution in [0.1, 0.15) is 12.8 Å². The molecule has 0 saturated carbocycles. The van der Waals surface area contributed by atoms with Gasteiger partial charge >= 0.3 is 0 Å². The lowest BCUT2D eigenvalue weighted by atomic mass is 10.1. The number of hydrogen-bond donors (Lipinski definition) is 2. The maximum absolute atomic E-state index is 10.7. The Morgan fingerprint density at radius 1 is 1.42 bits per heavy atom. The molecule has 1 aromatic carbocycles. The van der Waals surface area contributed by atoms with Gasteiger partial charge in [-0.2, -0.15) is 0 Å². The van der Waals surface area contributed by atoms with Crippen LogP contribution in [0.25, 0.3) is 10.8 Å². The van der Waals surface area contributed by atoms with E-state index in [1.807, 2.05) is 24.3 Å². The standard InChI is InChI=1S/C14H17N3O2/c1-19-11-4-5-12-10(9-11)6-8-17-14(12)16-7-2-3-13(15)18/h4-6,8-9H,2-3,7H2,1H3,(H2,15,18)(H,16,17). The summed E-state index contributed by atoms with van der Waals surface area (Å²) in [5.41, 5.74) is 5.10. The number of rotatable bonds is 6.